The summed E-state index contributed by atoms with van der Waals surface area (Å²) in [5, 5.41) is 8.86. The highest BCUT2D eigenvalue weighted by Crippen LogP contribution is 2.29. The molecule has 90 valence electrons. The molecule has 2 aromatic rings. The topological polar surface area (TPSA) is 67.5 Å². The lowest BCUT2D eigenvalue weighted by Gasteiger charge is -2.11. The minimum atomic E-state index is -0.274. The van der Waals surface area contributed by atoms with Crippen LogP contribution in [0.15, 0.2) is 34.7 Å². The fourth-order valence-corrected chi connectivity index (χ4v) is 2.16. The van der Waals surface area contributed by atoms with Crippen molar-refractivity contribution in [3.8, 4) is 0 Å². The number of benzene rings is 1. The number of aliphatic hydroxyl groups excluding tert-OH is 1. The van der Waals surface area contributed by atoms with Gasteiger partial charge in [-0.3, -0.25) is 9.59 Å². The highest BCUT2D eigenvalue weighted by atomic mass is 16.4. The first-order valence-corrected chi connectivity index (χ1v) is 5.64. The zero-order valence-electron chi connectivity index (χ0n) is 9.47. The molecule has 3 rings (SSSR count). The Bertz CT molecular complexity index is 599. The van der Waals surface area contributed by atoms with Gasteiger partial charge in [0.05, 0.1) is 12.2 Å². The Morgan fingerprint density at radius 2 is 1.67 bits per heavy atom. The molecular formula is C14H10O4. The van der Waals surface area contributed by atoms with E-state index in [4.69, 9.17) is 9.52 Å². The third kappa shape index (κ3) is 1.43. The number of carbonyl (C=O) groups is 2. The zero-order valence-corrected chi connectivity index (χ0v) is 9.47. The van der Waals surface area contributed by atoms with Crippen molar-refractivity contribution in [2.75, 3.05) is 6.61 Å². The number of ketones is 2. The van der Waals surface area contributed by atoms with Crippen LogP contribution in [0, 0.1) is 0 Å². The van der Waals surface area contributed by atoms with Crippen LogP contribution < -0.4 is 0 Å². The summed E-state index contributed by atoms with van der Waals surface area (Å²) in [7, 11) is 0. The average molecular weight is 242 g/mol. The Labute approximate surface area is 103 Å². The van der Waals surface area contributed by atoms with Gasteiger partial charge in [-0.15, -0.1) is 0 Å². The van der Waals surface area contributed by atoms with Gasteiger partial charge >= 0.3 is 0 Å². The van der Waals surface area contributed by atoms with Crippen molar-refractivity contribution in [3.63, 3.8) is 0 Å². The van der Waals surface area contributed by atoms with Crippen molar-refractivity contribution in [1.82, 2.24) is 0 Å². The van der Waals surface area contributed by atoms with E-state index in [1.54, 1.807) is 30.3 Å². The van der Waals surface area contributed by atoms with Crippen molar-refractivity contribution in [1.29, 1.82) is 0 Å². The number of rotatable bonds is 2. The number of hydrogen-bond donors (Lipinski definition) is 1. The minimum Gasteiger partial charge on any atom is -0.457 e. The van der Waals surface area contributed by atoms with Crippen LogP contribution in [0.3, 0.4) is 0 Å². The molecule has 0 saturated heterocycles. The molecule has 1 aliphatic carbocycles. The third-order valence-corrected chi connectivity index (χ3v) is 3.01. The fraction of sp³-hybridized carbons (Fsp3) is 0.143. The molecule has 0 spiro atoms. The number of fused-ring (bicyclic) bond motifs is 2. The molecule has 18 heavy (non-hydrogen) atoms. The quantitative estimate of drug-likeness (QED) is 0.741. The lowest BCUT2D eigenvalue weighted by Crippen LogP contribution is -2.18. The van der Waals surface area contributed by atoms with E-state index >= 15 is 0 Å². The molecule has 0 atom stereocenters. The maximum absolute atomic E-state index is 12.2. The molecule has 1 aliphatic rings. The largest absolute Gasteiger partial charge is 0.457 e. The van der Waals surface area contributed by atoms with E-state index in [0.717, 1.165) is 0 Å². The number of hydrogen-bond acceptors (Lipinski definition) is 4. The van der Waals surface area contributed by atoms with E-state index in [2.05, 4.69) is 0 Å². The van der Waals surface area contributed by atoms with Gasteiger partial charge < -0.3 is 9.52 Å². The summed E-state index contributed by atoms with van der Waals surface area (Å²) in [4.78, 5) is 24.4. The van der Waals surface area contributed by atoms with Crippen molar-refractivity contribution < 1.29 is 19.1 Å². The van der Waals surface area contributed by atoms with E-state index in [9.17, 15) is 9.59 Å². The van der Waals surface area contributed by atoms with Crippen LogP contribution in [0.25, 0.3) is 0 Å². The van der Waals surface area contributed by atoms with E-state index in [1.165, 1.54) is 0 Å². The Balaban J connectivity index is 2.18. The van der Waals surface area contributed by atoms with Crippen LogP contribution in [-0.2, 0) is 6.42 Å². The fourth-order valence-electron chi connectivity index (χ4n) is 2.16. The molecule has 4 heteroatoms. The first-order chi connectivity index (χ1) is 8.72. The van der Waals surface area contributed by atoms with Crippen LogP contribution in [0.2, 0.25) is 0 Å². The summed E-state index contributed by atoms with van der Waals surface area (Å²) in [5.41, 5.74) is 1.08. The maximum atomic E-state index is 12.2. The van der Waals surface area contributed by atoms with Crippen LogP contribution in [-0.4, -0.2) is 23.3 Å². The van der Waals surface area contributed by atoms with Gasteiger partial charge in [0.25, 0.3) is 0 Å². The molecule has 1 aromatic carbocycles. The van der Waals surface area contributed by atoms with E-state index in [-0.39, 0.29) is 23.9 Å². The molecule has 0 amide bonds. The smallest absolute Gasteiger partial charge is 0.229 e. The van der Waals surface area contributed by atoms with Crippen LogP contribution in [0.4, 0.5) is 0 Å². The lowest BCUT2D eigenvalue weighted by atomic mass is 9.88. The summed E-state index contributed by atoms with van der Waals surface area (Å²) in [6, 6.07) is 8.24. The standard InChI is InChI=1S/C14H10O4/c15-6-5-8-7-11-12(16)9-3-1-2-4-10(9)13(17)14(11)18-8/h1-4,7,15H,5-6H2. The van der Waals surface area contributed by atoms with E-state index < -0.39 is 0 Å². The zero-order chi connectivity index (χ0) is 12.7. The molecule has 1 aromatic heterocycles. The van der Waals surface area contributed by atoms with Gasteiger partial charge in [0.15, 0.2) is 11.5 Å². The third-order valence-electron chi connectivity index (χ3n) is 3.01. The second kappa shape index (κ2) is 3.92. The Morgan fingerprint density at radius 3 is 2.33 bits per heavy atom. The number of carbonyl (C=O) groups excluding carboxylic acids is 2. The van der Waals surface area contributed by atoms with Crippen molar-refractivity contribution in [3.05, 3.63) is 58.5 Å². The van der Waals surface area contributed by atoms with E-state index in [0.29, 0.717) is 28.9 Å². The molecular weight excluding hydrogens is 232 g/mol. The highest BCUT2D eigenvalue weighted by molar-refractivity contribution is 6.27. The summed E-state index contributed by atoms with van der Waals surface area (Å²) in [5.74, 6) is 0.0664. The van der Waals surface area contributed by atoms with Crippen molar-refractivity contribution in [2.45, 2.75) is 6.42 Å². The first kappa shape index (κ1) is 10.9. The van der Waals surface area contributed by atoms with Crippen molar-refractivity contribution >= 4 is 11.6 Å². The monoisotopic (exact) mass is 242 g/mol. The number of furan rings is 1. The molecule has 0 fully saturated rings. The van der Waals surface area contributed by atoms with Crippen LogP contribution in [0.5, 0.6) is 0 Å². The van der Waals surface area contributed by atoms with Crippen molar-refractivity contribution in [2.24, 2.45) is 0 Å². The summed E-state index contributed by atoms with van der Waals surface area (Å²) < 4.78 is 5.36. The van der Waals surface area contributed by atoms with Gasteiger partial charge in [-0.2, -0.15) is 0 Å². The molecule has 0 unspecified atom stereocenters. The molecule has 0 aliphatic heterocycles. The van der Waals surface area contributed by atoms with Gasteiger partial charge in [-0.1, -0.05) is 24.3 Å². The molecule has 0 radical (unpaired) electrons. The predicted molar refractivity (Wildman–Crippen MR) is 62.8 cm³/mol. The molecule has 1 heterocycles. The minimum absolute atomic E-state index is 0.0816. The second-order valence-corrected chi connectivity index (χ2v) is 4.13. The summed E-state index contributed by atoms with van der Waals surface area (Å²) >= 11 is 0. The van der Waals surface area contributed by atoms with Crippen LogP contribution in [0.1, 0.15) is 37.8 Å². The normalized spacial score (nSPS) is 13.4. The average Bonchev–Trinajstić information content (AvgIpc) is 2.81. The van der Waals surface area contributed by atoms with Gasteiger partial charge in [0.2, 0.25) is 5.78 Å². The summed E-state index contributed by atoms with van der Waals surface area (Å²) in [6.45, 7) is -0.0816. The van der Waals surface area contributed by atoms with Gasteiger partial charge in [0, 0.05) is 17.5 Å². The van der Waals surface area contributed by atoms with Gasteiger partial charge in [-0.05, 0) is 6.07 Å². The highest BCUT2D eigenvalue weighted by Gasteiger charge is 2.33. The maximum Gasteiger partial charge on any atom is 0.229 e. The Hall–Kier alpha value is -2.20. The molecule has 4 nitrogen and oxygen atoms in total. The summed E-state index contributed by atoms with van der Waals surface area (Å²) in [6.07, 6.45) is 0.296. The first-order valence-electron chi connectivity index (χ1n) is 5.64. The molecule has 0 saturated carbocycles. The molecule has 1 N–H and O–H groups in total. The molecule has 0 bridgehead atoms. The Kier molecular flexibility index (Phi) is 2.38. The SMILES string of the molecule is O=C1c2ccccc2C(=O)c2oc(CCO)cc21. The predicted octanol–water partition coefficient (Wildman–Crippen LogP) is 1.59. The lowest BCUT2D eigenvalue weighted by molar-refractivity contribution is 0.0959. The second-order valence-electron chi connectivity index (χ2n) is 4.13. The van der Waals surface area contributed by atoms with Gasteiger partial charge in [0.1, 0.15) is 5.76 Å². The van der Waals surface area contributed by atoms with Crippen LogP contribution >= 0.6 is 0 Å². The number of aliphatic hydroxyl groups is 1. The Morgan fingerprint density at radius 1 is 1.00 bits per heavy atom. The van der Waals surface area contributed by atoms with Gasteiger partial charge in [-0.25, -0.2) is 0 Å². The van der Waals surface area contributed by atoms with E-state index in [1.807, 2.05) is 0 Å².